The van der Waals surface area contributed by atoms with Crippen molar-refractivity contribution in [1.29, 1.82) is 0 Å². The van der Waals surface area contributed by atoms with Gasteiger partial charge in [-0.3, -0.25) is 0 Å². The van der Waals surface area contributed by atoms with Crippen molar-refractivity contribution in [1.82, 2.24) is 10.0 Å². The summed E-state index contributed by atoms with van der Waals surface area (Å²) in [4.78, 5) is 0.0933. The highest BCUT2D eigenvalue weighted by Crippen LogP contribution is 2.31. The van der Waals surface area contributed by atoms with Gasteiger partial charge in [0.1, 0.15) is 16.4 Å². The normalized spacial score (nSPS) is 19.8. The van der Waals surface area contributed by atoms with E-state index in [1.54, 1.807) is 12.1 Å². The van der Waals surface area contributed by atoms with Gasteiger partial charge in [-0.05, 0) is 48.2 Å². The van der Waals surface area contributed by atoms with Crippen LogP contribution in [0.4, 0.5) is 0 Å². The van der Waals surface area contributed by atoms with Crippen molar-refractivity contribution in [2.75, 3.05) is 14.2 Å². The molecule has 0 heterocycles. The SMILES string of the molecule is COc1ccc(OC)c(S(=O)(=O)NC2CCCC[C@@H]2NC(C)c2cccc3ccccc23)c1. The van der Waals surface area contributed by atoms with E-state index >= 15 is 0 Å². The number of fused-ring (bicyclic) bond motifs is 1. The van der Waals surface area contributed by atoms with Gasteiger partial charge in [-0.1, -0.05) is 55.3 Å². The molecular weight excluding hydrogens is 436 g/mol. The molecule has 1 saturated carbocycles. The van der Waals surface area contributed by atoms with Crippen molar-refractivity contribution in [3.05, 3.63) is 66.2 Å². The van der Waals surface area contributed by atoms with Crippen LogP contribution in [0.3, 0.4) is 0 Å². The highest BCUT2D eigenvalue weighted by Gasteiger charge is 2.32. The minimum Gasteiger partial charge on any atom is -0.497 e. The van der Waals surface area contributed by atoms with E-state index in [9.17, 15) is 8.42 Å². The summed E-state index contributed by atoms with van der Waals surface area (Å²) in [7, 11) is -0.813. The van der Waals surface area contributed by atoms with Crippen LogP contribution in [0.1, 0.15) is 44.2 Å². The predicted molar refractivity (Wildman–Crippen MR) is 131 cm³/mol. The fourth-order valence-corrected chi connectivity index (χ4v) is 6.26. The lowest BCUT2D eigenvalue weighted by atomic mass is 9.89. The third kappa shape index (κ3) is 5.16. The van der Waals surface area contributed by atoms with Crippen LogP contribution in [0.15, 0.2) is 65.6 Å². The summed E-state index contributed by atoms with van der Waals surface area (Å²) >= 11 is 0. The number of nitrogens with one attached hydrogen (secondary N) is 2. The van der Waals surface area contributed by atoms with Gasteiger partial charge in [0.25, 0.3) is 0 Å². The Balaban J connectivity index is 1.56. The maximum Gasteiger partial charge on any atom is 0.244 e. The molecule has 0 aromatic heterocycles. The minimum atomic E-state index is -3.80. The van der Waals surface area contributed by atoms with Crippen molar-refractivity contribution in [3.8, 4) is 11.5 Å². The van der Waals surface area contributed by atoms with Gasteiger partial charge in [0.05, 0.1) is 14.2 Å². The van der Waals surface area contributed by atoms with E-state index in [2.05, 4.69) is 53.4 Å². The van der Waals surface area contributed by atoms with E-state index in [1.165, 1.54) is 36.6 Å². The van der Waals surface area contributed by atoms with E-state index in [0.29, 0.717) is 11.5 Å². The van der Waals surface area contributed by atoms with Gasteiger partial charge in [-0.25, -0.2) is 13.1 Å². The van der Waals surface area contributed by atoms with Crippen LogP contribution in [0.25, 0.3) is 10.8 Å². The van der Waals surface area contributed by atoms with Crippen molar-refractivity contribution < 1.29 is 17.9 Å². The summed E-state index contributed by atoms with van der Waals surface area (Å²) in [6.45, 7) is 2.15. The summed E-state index contributed by atoms with van der Waals surface area (Å²) < 4.78 is 40.2. The molecule has 0 aliphatic heterocycles. The number of benzene rings is 3. The molecule has 0 spiro atoms. The fraction of sp³-hybridized carbons (Fsp3) is 0.385. The van der Waals surface area contributed by atoms with E-state index in [4.69, 9.17) is 9.47 Å². The Morgan fingerprint density at radius 2 is 1.64 bits per heavy atom. The third-order valence-corrected chi connectivity index (χ3v) is 8.00. The van der Waals surface area contributed by atoms with Crippen LogP contribution in [0.5, 0.6) is 11.5 Å². The minimum absolute atomic E-state index is 0.0269. The molecule has 0 radical (unpaired) electrons. The number of rotatable bonds is 8. The third-order valence-electron chi connectivity index (χ3n) is 6.49. The Labute approximate surface area is 196 Å². The Morgan fingerprint density at radius 3 is 2.39 bits per heavy atom. The summed E-state index contributed by atoms with van der Waals surface area (Å²) in [6.07, 6.45) is 3.76. The molecule has 1 aliphatic rings. The second-order valence-corrected chi connectivity index (χ2v) is 10.3. The summed E-state index contributed by atoms with van der Waals surface area (Å²) in [6, 6.07) is 19.4. The molecule has 0 amide bonds. The average molecular weight is 469 g/mol. The number of methoxy groups -OCH3 is 2. The first-order valence-corrected chi connectivity index (χ1v) is 12.9. The highest BCUT2D eigenvalue weighted by molar-refractivity contribution is 7.89. The van der Waals surface area contributed by atoms with Crippen LogP contribution in [0.2, 0.25) is 0 Å². The van der Waals surface area contributed by atoms with E-state index in [-0.39, 0.29) is 23.0 Å². The number of hydrogen-bond donors (Lipinski definition) is 2. The monoisotopic (exact) mass is 468 g/mol. The second kappa shape index (κ2) is 10.1. The van der Waals surface area contributed by atoms with Crippen molar-refractivity contribution in [3.63, 3.8) is 0 Å². The Bertz CT molecular complexity index is 1210. The standard InChI is InChI=1S/C26H32N2O4S/c1-18(21-12-8-10-19-9-4-5-11-22(19)21)27-23-13-6-7-14-24(23)28-33(29,30)26-17-20(31-2)15-16-25(26)32-3/h4-5,8-12,15-18,23-24,27-28H,6-7,13-14H2,1-3H3/t18?,23-,24?/m0/s1. The molecule has 0 bridgehead atoms. The zero-order valence-electron chi connectivity index (χ0n) is 19.4. The van der Waals surface area contributed by atoms with Gasteiger partial charge in [0.2, 0.25) is 10.0 Å². The van der Waals surface area contributed by atoms with Gasteiger partial charge in [-0.2, -0.15) is 0 Å². The van der Waals surface area contributed by atoms with Crippen molar-refractivity contribution in [2.45, 2.75) is 55.6 Å². The molecule has 0 saturated heterocycles. The van der Waals surface area contributed by atoms with Crippen LogP contribution in [-0.4, -0.2) is 34.7 Å². The molecule has 2 unspecified atom stereocenters. The number of ether oxygens (including phenoxy) is 2. The lowest BCUT2D eigenvalue weighted by Crippen LogP contribution is -2.52. The maximum absolute atomic E-state index is 13.3. The Hall–Kier alpha value is -2.61. The average Bonchev–Trinajstić information content (AvgIpc) is 2.84. The zero-order chi connectivity index (χ0) is 23.4. The Morgan fingerprint density at radius 1 is 0.909 bits per heavy atom. The Kier molecular flexibility index (Phi) is 7.22. The molecule has 1 aliphatic carbocycles. The molecule has 4 rings (SSSR count). The fourth-order valence-electron chi connectivity index (χ4n) is 4.77. The molecule has 7 heteroatoms. The smallest absolute Gasteiger partial charge is 0.244 e. The first-order valence-electron chi connectivity index (χ1n) is 11.4. The second-order valence-electron chi connectivity index (χ2n) is 8.59. The van der Waals surface area contributed by atoms with Gasteiger partial charge >= 0.3 is 0 Å². The summed E-state index contributed by atoms with van der Waals surface area (Å²) in [5.74, 6) is 0.770. The molecule has 2 N–H and O–H groups in total. The largest absolute Gasteiger partial charge is 0.497 e. The lowest BCUT2D eigenvalue weighted by Gasteiger charge is -2.35. The molecule has 3 aromatic carbocycles. The molecule has 1 fully saturated rings. The predicted octanol–water partition coefficient (Wildman–Crippen LogP) is 4.80. The first-order chi connectivity index (χ1) is 15.9. The van der Waals surface area contributed by atoms with Gasteiger partial charge in [0, 0.05) is 24.2 Å². The molecule has 33 heavy (non-hydrogen) atoms. The molecule has 3 atom stereocenters. The number of sulfonamides is 1. The molecule has 6 nitrogen and oxygen atoms in total. The summed E-state index contributed by atoms with van der Waals surface area (Å²) in [5.41, 5.74) is 1.22. The maximum atomic E-state index is 13.3. The zero-order valence-corrected chi connectivity index (χ0v) is 20.2. The quantitative estimate of drug-likeness (QED) is 0.497. The topological polar surface area (TPSA) is 76.7 Å². The van der Waals surface area contributed by atoms with Gasteiger partial charge in [-0.15, -0.1) is 0 Å². The van der Waals surface area contributed by atoms with Crippen molar-refractivity contribution >= 4 is 20.8 Å². The van der Waals surface area contributed by atoms with E-state index in [1.807, 2.05) is 6.07 Å². The van der Waals surface area contributed by atoms with Crippen molar-refractivity contribution in [2.24, 2.45) is 0 Å². The van der Waals surface area contributed by atoms with Gasteiger partial charge in [0.15, 0.2) is 0 Å². The molecule has 3 aromatic rings. The number of hydrogen-bond acceptors (Lipinski definition) is 5. The molecular formula is C26H32N2O4S. The molecule has 176 valence electrons. The van der Waals surface area contributed by atoms with E-state index in [0.717, 1.165) is 25.7 Å². The van der Waals surface area contributed by atoms with Crippen LogP contribution in [-0.2, 0) is 10.0 Å². The van der Waals surface area contributed by atoms with Crippen LogP contribution >= 0.6 is 0 Å². The first kappa shape index (κ1) is 23.5. The lowest BCUT2D eigenvalue weighted by molar-refractivity contribution is 0.291. The van der Waals surface area contributed by atoms with E-state index < -0.39 is 10.0 Å². The van der Waals surface area contributed by atoms with Crippen LogP contribution < -0.4 is 19.5 Å². The summed E-state index contributed by atoms with van der Waals surface area (Å²) in [5, 5.41) is 6.14. The van der Waals surface area contributed by atoms with Crippen LogP contribution in [0, 0.1) is 0 Å². The highest BCUT2D eigenvalue weighted by atomic mass is 32.2. The van der Waals surface area contributed by atoms with Gasteiger partial charge < -0.3 is 14.8 Å².